The Balaban J connectivity index is 1.40. The zero-order valence-corrected chi connectivity index (χ0v) is 19.0. The molecular formula is C24H29N7O2. The van der Waals surface area contributed by atoms with Gasteiger partial charge in [0.05, 0.1) is 30.1 Å². The Morgan fingerprint density at radius 1 is 1.12 bits per heavy atom. The number of hydrogen-bond donors (Lipinski definition) is 3. The van der Waals surface area contributed by atoms with Crippen LogP contribution in [0.25, 0.3) is 22.4 Å². The molecule has 33 heavy (non-hydrogen) atoms. The van der Waals surface area contributed by atoms with Crippen molar-refractivity contribution in [2.24, 2.45) is 0 Å². The first kappa shape index (κ1) is 21.4. The molecule has 4 aromatic rings. The summed E-state index contributed by atoms with van der Waals surface area (Å²) in [7, 11) is 0. The van der Waals surface area contributed by atoms with Crippen molar-refractivity contribution < 1.29 is 9.52 Å². The molecule has 9 nitrogen and oxygen atoms in total. The van der Waals surface area contributed by atoms with E-state index in [4.69, 9.17) is 9.40 Å². The number of anilines is 2. The van der Waals surface area contributed by atoms with Gasteiger partial charge in [-0.05, 0) is 44.4 Å². The fourth-order valence-electron chi connectivity index (χ4n) is 4.16. The maximum atomic E-state index is 10.1. The number of furan rings is 1. The molecule has 1 fully saturated rings. The molecule has 0 unspecified atom stereocenters. The third-order valence-corrected chi connectivity index (χ3v) is 5.92. The largest absolute Gasteiger partial charge is 0.472 e. The molecule has 4 heterocycles. The molecule has 1 aliphatic carbocycles. The van der Waals surface area contributed by atoms with E-state index in [0.717, 1.165) is 40.8 Å². The Morgan fingerprint density at radius 3 is 2.67 bits per heavy atom. The number of nitrogens with zero attached hydrogens (tertiary/aromatic N) is 5. The van der Waals surface area contributed by atoms with Crippen molar-refractivity contribution in [2.45, 2.75) is 57.7 Å². The Bertz CT molecular complexity index is 1200. The maximum absolute atomic E-state index is 10.1. The fraction of sp³-hybridized carbons (Fsp3) is 0.417. The lowest BCUT2D eigenvalue weighted by Gasteiger charge is -2.18. The van der Waals surface area contributed by atoms with Crippen molar-refractivity contribution >= 4 is 22.9 Å². The lowest BCUT2D eigenvalue weighted by Crippen LogP contribution is -2.30. The number of pyridine rings is 1. The number of fused-ring (bicyclic) bond motifs is 1. The minimum absolute atomic E-state index is 0.342. The number of rotatable bonds is 8. The topological polar surface area (TPSA) is 114 Å². The first-order chi connectivity index (χ1) is 16.0. The van der Waals surface area contributed by atoms with Gasteiger partial charge in [-0.2, -0.15) is 9.97 Å². The van der Waals surface area contributed by atoms with Crippen LogP contribution in [-0.2, 0) is 6.54 Å². The summed E-state index contributed by atoms with van der Waals surface area (Å²) in [6.45, 7) is 4.39. The van der Waals surface area contributed by atoms with Crippen LogP contribution in [-0.4, -0.2) is 41.8 Å². The molecule has 0 atom stereocenters. The summed E-state index contributed by atoms with van der Waals surface area (Å²) in [5.41, 5.74) is 3.53. The number of aliphatic hydroxyl groups is 1. The van der Waals surface area contributed by atoms with Gasteiger partial charge < -0.3 is 24.7 Å². The van der Waals surface area contributed by atoms with Crippen molar-refractivity contribution in [1.29, 1.82) is 0 Å². The summed E-state index contributed by atoms with van der Waals surface area (Å²) in [5.74, 6) is 1.13. The SMILES string of the molecule is CC(C)(O)CNc1nc(NCc2ccc(-c3ccoc3)nc2)c2ncn(C3CCCC3)c2n1. The summed E-state index contributed by atoms with van der Waals surface area (Å²) < 4.78 is 7.31. The molecule has 172 valence electrons. The van der Waals surface area contributed by atoms with E-state index in [2.05, 4.69) is 30.2 Å². The molecule has 5 rings (SSSR count). The molecule has 0 bridgehead atoms. The van der Waals surface area contributed by atoms with E-state index in [-0.39, 0.29) is 0 Å². The fourth-order valence-corrected chi connectivity index (χ4v) is 4.16. The van der Waals surface area contributed by atoms with E-state index in [0.29, 0.717) is 30.9 Å². The normalized spacial score (nSPS) is 14.8. The smallest absolute Gasteiger partial charge is 0.226 e. The molecule has 0 amide bonds. The second kappa shape index (κ2) is 8.82. The van der Waals surface area contributed by atoms with Gasteiger partial charge in [0, 0.05) is 30.9 Å². The Kier molecular flexibility index (Phi) is 5.72. The molecule has 4 aromatic heterocycles. The lowest BCUT2D eigenvalue weighted by molar-refractivity contribution is 0.0943. The standard InChI is InChI=1S/C24H29N7O2/c1-24(2,32)14-27-23-29-21(20-22(30-23)31(15-28-20)18-5-3-4-6-18)26-12-16-7-8-19(25-11-16)17-9-10-33-13-17/h7-11,13,15,18,32H,3-6,12,14H2,1-2H3,(H2,26,27,29,30). The summed E-state index contributed by atoms with van der Waals surface area (Å²) in [5, 5.41) is 16.7. The van der Waals surface area contributed by atoms with Gasteiger partial charge in [-0.1, -0.05) is 18.9 Å². The van der Waals surface area contributed by atoms with Crippen LogP contribution in [0.2, 0.25) is 0 Å². The van der Waals surface area contributed by atoms with Crippen molar-refractivity contribution in [3.05, 3.63) is 48.8 Å². The average molecular weight is 448 g/mol. The van der Waals surface area contributed by atoms with E-state index in [1.807, 2.05) is 30.7 Å². The van der Waals surface area contributed by atoms with Gasteiger partial charge in [0.15, 0.2) is 17.0 Å². The predicted molar refractivity (Wildman–Crippen MR) is 127 cm³/mol. The highest BCUT2D eigenvalue weighted by molar-refractivity contribution is 5.84. The van der Waals surface area contributed by atoms with E-state index >= 15 is 0 Å². The van der Waals surface area contributed by atoms with E-state index in [9.17, 15) is 5.11 Å². The van der Waals surface area contributed by atoms with Crippen molar-refractivity contribution in [1.82, 2.24) is 24.5 Å². The number of aromatic nitrogens is 5. The highest BCUT2D eigenvalue weighted by Gasteiger charge is 2.22. The monoisotopic (exact) mass is 447 g/mol. The first-order valence-corrected chi connectivity index (χ1v) is 11.4. The number of nitrogens with one attached hydrogen (secondary N) is 2. The van der Waals surface area contributed by atoms with Crippen LogP contribution in [0.15, 0.2) is 47.7 Å². The van der Waals surface area contributed by atoms with Crippen molar-refractivity contribution in [2.75, 3.05) is 17.2 Å². The molecule has 1 aliphatic rings. The Morgan fingerprint density at radius 2 is 1.97 bits per heavy atom. The second-order valence-corrected chi connectivity index (χ2v) is 9.24. The van der Waals surface area contributed by atoms with Gasteiger partial charge in [-0.3, -0.25) is 4.98 Å². The molecule has 0 aromatic carbocycles. The minimum atomic E-state index is -0.875. The summed E-state index contributed by atoms with van der Waals surface area (Å²) in [6, 6.07) is 6.31. The van der Waals surface area contributed by atoms with Crippen LogP contribution in [0.5, 0.6) is 0 Å². The van der Waals surface area contributed by atoms with Gasteiger partial charge in [-0.15, -0.1) is 0 Å². The summed E-state index contributed by atoms with van der Waals surface area (Å²) >= 11 is 0. The second-order valence-electron chi connectivity index (χ2n) is 9.24. The third kappa shape index (κ3) is 4.83. The summed E-state index contributed by atoms with van der Waals surface area (Å²) in [4.78, 5) is 18.6. The Hall–Kier alpha value is -3.46. The van der Waals surface area contributed by atoms with Gasteiger partial charge in [0.1, 0.15) is 0 Å². The summed E-state index contributed by atoms with van der Waals surface area (Å²) in [6.07, 6.45) is 11.8. The van der Waals surface area contributed by atoms with Crippen LogP contribution in [0.4, 0.5) is 11.8 Å². The van der Waals surface area contributed by atoms with E-state index in [1.165, 1.54) is 12.8 Å². The first-order valence-electron chi connectivity index (χ1n) is 11.4. The average Bonchev–Trinajstić information content (AvgIpc) is 3.57. The van der Waals surface area contributed by atoms with Crippen molar-refractivity contribution in [3.63, 3.8) is 0 Å². The predicted octanol–water partition coefficient (Wildman–Crippen LogP) is 4.39. The zero-order valence-electron chi connectivity index (χ0n) is 19.0. The molecule has 0 saturated heterocycles. The lowest BCUT2D eigenvalue weighted by atomic mass is 10.1. The van der Waals surface area contributed by atoms with Gasteiger partial charge >= 0.3 is 0 Å². The van der Waals surface area contributed by atoms with Crippen LogP contribution >= 0.6 is 0 Å². The van der Waals surface area contributed by atoms with E-state index in [1.54, 1.807) is 26.4 Å². The number of hydrogen-bond acceptors (Lipinski definition) is 8. The van der Waals surface area contributed by atoms with Gasteiger partial charge in [-0.25, -0.2) is 4.98 Å². The maximum Gasteiger partial charge on any atom is 0.226 e. The molecule has 0 radical (unpaired) electrons. The third-order valence-electron chi connectivity index (χ3n) is 5.92. The van der Waals surface area contributed by atoms with E-state index < -0.39 is 5.60 Å². The highest BCUT2D eigenvalue weighted by Crippen LogP contribution is 2.33. The minimum Gasteiger partial charge on any atom is -0.472 e. The van der Waals surface area contributed by atoms with Crippen LogP contribution in [0.3, 0.4) is 0 Å². The Labute approximate surface area is 192 Å². The quantitative estimate of drug-likeness (QED) is 0.364. The van der Waals surface area contributed by atoms with Crippen LogP contribution in [0.1, 0.15) is 51.1 Å². The molecule has 9 heteroatoms. The molecule has 1 saturated carbocycles. The molecular weight excluding hydrogens is 418 g/mol. The van der Waals surface area contributed by atoms with Gasteiger partial charge in [0.25, 0.3) is 0 Å². The molecule has 0 spiro atoms. The van der Waals surface area contributed by atoms with Gasteiger partial charge in [0.2, 0.25) is 5.95 Å². The highest BCUT2D eigenvalue weighted by atomic mass is 16.3. The van der Waals surface area contributed by atoms with Crippen LogP contribution < -0.4 is 10.6 Å². The number of imidazole rings is 1. The van der Waals surface area contributed by atoms with Crippen molar-refractivity contribution in [3.8, 4) is 11.3 Å². The molecule has 3 N–H and O–H groups in total. The van der Waals surface area contributed by atoms with Crippen LogP contribution in [0, 0.1) is 0 Å². The molecule has 0 aliphatic heterocycles. The zero-order chi connectivity index (χ0) is 22.8.